The van der Waals surface area contributed by atoms with Crippen LogP contribution in [0, 0.1) is 0 Å². The topological polar surface area (TPSA) is 163 Å². The number of hydrogen-bond donors (Lipinski definition) is 1. The van der Waals surface area contributed by atoms with Crippen molar-refractivity contribution >= 4 is 62.8 Å². The third kappa shape index (κ3) is 8.20. The number of anilines is 2. The normalized spacial score (nSPS) is 15.7. The van der Waals surface area contributed by atoms with Gasteiger partial charge in [-0.3, -0.25) is 33.9 Å². The number of hydrogen-bond acceptors (Lipinski definition) is 12. The van der Waals surface area contributed by atoms with E-state index in [-0.39, 0.29) is 56.0 Å². The van der Waals surface area contributed by atoms with Crippen molar-refractivity contribution in [1.82, 2.24) is 19.8 Å². The monoisotopic (exact) mass is 790 g/mol. The molecule has 2 aliphatic rings. The van der Waals surface area contributed by atoms with Gasteiger partial charge in [0.2, 0.25) is 5.91 Å². The van der Waals surface area contributed by atoms with Gasteiger partial charge < -0.3 is 19.5 Å². The summed E-state index contributed by atoms with van der Waals surface area (Å²) in [5.74, 6) is -2.31. The Labute approximate surface area is 333 Å². The van der Waals surface area contributed by atoms with Crippen molar-refractivity contribution < 1.29 is 38.6 Å². The first-order valence-corrected chi connectivity index (χ1v) is 19.3. The molecule has 294 valence electrons. The lowest BCUT2D eigenvalue weighted by atomic mass is 10.0. The standard InChI is InChI=1S/C42H42N6O8S/c1-42(2,3)56-41(54)46(18-20-55-21-19-47-36(50)17-15-33(40(47)53)48-38(51)30-13-12-29(49)23-31(30)39(48)52)35-16-10-27(24-43-35)25-6-8-26(9-7-25)37-44-32-14-11-28(45(4)5)22-34(32)57-37/h6-14,16,22-24,33,49H,15,17-21H2,1-5H3. The Kier molecular flexibility index (Phi) is 10.8. The molecule has 0 saturated carbocycles. The molecule has 5 amide bonds. The van der Waals surface area contributed by atoms with Gasteiger partial charge in [0.05, 0.1) is 47.6 Å². The van der Waals surface area contributed by atoms with E-state index >= 15 is 0 Å². The second kappa shape index (κ2) is 15.7. The molecule has 4 heterocycles. The summed E-state index contributed by atoms with van der Waals surface area (Å²) in [7, 11) is 4.03. The van der Waals surface area contributed by atoms with Crippen molar-refractivity contribution in [2.24, 2.45) is 0 Å². The lowest BCUT2D eigenvalue weighted by Crippen LogP contribution is -2.56. The summed E-state index contributed by atoms with van der Waals surface area (Å²) in [6.07, 6.45) is 1.01. The number of carbonyl (C=O) groups is 5. The highest BCUT2D eigenvalue weighted by Gasteiger charge is 2.47. The number of pyridine rings is 1. The number of likely N-dealkylation sites (tertiary alicyclic amines) is 1. The molecule has 3 aromatic carbocycles. The molecule has 14 nitrogen and oxygen atoms in total. The van der Waals surface area contributed by atoms with Crippen LogP contribution in [-0.4, -0.2) is 107 Å². The average Bonchev–Trinajstić information content (AvgIpc) is 3.71. The van der Waals surface area contributed by atoms with Gasteiger partial charge >= 0.3 is 6.09 Å². The summed E-state index contributed by atoms with van der Waals surface area (Å²) in [6.45, 7) is 5.20. The zero-order valence-electron chi connectivity index (χ0n) is 32.2. The van der Waals surface area contributed by atoms with E-state index in [1.165, 1.54) is 23.1 Å². The highest BCUT2D eigenvalue weighted by molar-refractivity contribution is 7.21. The number of piperidine rings is 1. The lowest BCUT2D eigenvalue weighted by molar-refractivity contribution is -0.152. The number of ether oxygens (including phenoxy) is 2. The number of benzene rings is 3. The number of nitrogens with zero attached hydrogens (tertiary/aromatic N) is 6. The molecule has 5 aromatic rings. The average molecular weight is 791 g/mol. The second-order valence-corrected chi connectivity index (χ2v) is 16.0. The van der Waals surface area contributed by atoms with Crippen molar-refractivity contribution in [3.8, 4) is 27.4 Å². The maximum absolute atomic E-state index is 13.5. The molecule has 0 spiro atoms. The Morgan fingerprint density at radius 1 is 0.895 bits per heavy atom. The molecule has 1 unspecified atom stereocenters. The fourth-order valence-corrected chi connectivity index (χ4v) is 7.70. The number of phenols is 1. The number of aromatic nitrogens is 2. The Bertz CT molecular complexity index is 2370. The Balaban J connectivity index is 0.976. The highest BCUT2D eigenvalue weighted by Crippen LogP contribution is 2.34. The van der Waals surface area contributed by atoms with Gasteiger partial charge in [0.25, 0.3) is 17.7 Å². The predicted molar refractivity (Wildman–Crippen MR) is 215 cm³/mol. The van der Waals surface area contributed by atoms with Crippen LogP contribution in [0.15, 0.2) is 79.0 Å². The van der Waals surface area contributed by atoms with Gasteiger partial charge in [-0.05, 0) is 81.3 Å². The van der Waals surface area contributed by atoms with Crippen molar-refractivity contribution in [2.75, 3.05) is 50.2 Å². The first-order chi connectivity index (χ1) is 27.2. The van der Waals surface area contributed by atoms with E-state index in [2.05, 4.69) is 22.0 Å². The molecule has 0 aliphatic carbocycles. The van der Waals surface area contributed by atoms with Gasteiger partial charge in [0, 0.05) is 43.5 Å². The third-order valence-corrected chi connectivity index (χ3v) is 10.7. The van der Waals surface area contributed by atoms with Gasteiger partial charge in [0.15, 0.2) is 0 Å². The molecule has 2 aromatic heterocycles. The summed E-state index contributed by atoms with van der Waals surface area (Å²) in [5.41, 5.74) is 4.18. The van der Waals surface area contributed by atoms with Crippen LogP contribution in [0.5, 0.6) is 5.75 Å². The number of amides is 5. The summed E-state index contributed by atoms with van der Waals surface area (Å²) >= 11 is 1.64. The Morgan fingerprint density at radius 2 is 1.61 bits per heavy atom. The second-order valence-electron chi connectivity index (χ2n) is 14.9. The van der Waals surface area contributed by atoms with Crippen LogP contribution < -0.4 is 9.80 Å². The van der Waals surface area contributed by atoms with E-state index in [0.29, 0.717) is 5.82 Å². The minimum absolute atomic E-state index is 0.00324. The minimum atomic E-state index is -1.16. The Morgan fingerprint density at radius 3 is 2.32 bits per heavy atom. The fraction of sp³-hybridized carbons (Fsp3) is 0.310. The van der Waals surface area contributed by atoms with Crippen molar-refractivity contribution in [2.45, 2.75) is 45.3 Å². The fourth-order valence-electron chi connectivity index (χ4n) is 6.69. The van der Waals surface area contributed by atoms with Crippen molar-refractivity contribution in [1.29, 1.82) is 0 Å². The molecule has 1 N–H and O–H groups in total. The highest BCUT2D eigenvalue weighted by atomic mass is 32.1. The van der Waals surface area contributed by atoms with Gasteiger partial charge in [-0.25, -0.2) is 14.8 Å². The van der Waals surface area contributed by atoms with E-state index in [9.17, 15) is 29.1 Å². The first-order valence-electron chi connectivity index (χ1n) is 18.5. The summed E-state index contributed by atoms with van der Waals surface area (Å²) in [6, 6.07) is 20.6. The molecule has 0 radical (unpaired) electrons. The first kappa shape index (κ1) is 39.1. The minimum Gasteiger partial charge on any atom is -0.508 e. The van der Waals surface area contributed by atoms with Crippen LogP contribution in [0.25, 0.3) is 31.9 Å². The van der Waals surface area contributed by atoms with Gasteiger partial charge in [-0.1, -0.05) is 24.3 Å². The number of carbonyl (C=O) groups excluding carboxylic acids is 5. The third-order valence-electron chi connectivity index (χ3n) is 9.61. The van der Waals surface area contributed by atoms with Gasteiger partial charge in [-0.15, -0.1) is 11.3 Å². The largest absolute Gasteiger partial charge is 0.508 e. The molecule has 1 atom stereocenters. The van der Waals surface area contributed by atoms with Crippen LogP contribution in [-0.2, 0) is 19.1 Å². The van der Waals surface area contributed by atoms with Crippen LogP contribution in [0.4, 0.5) is 16.3 Å². The van der Waals surface area contributed by atoms with Crippen molar-refractivity contribution in [3.63, 3.8) is 0 Å². The predicted octanol–water partition coefficient (Wildman–Crippen LogP) is 6.37. The van der Waals surface area contributed by atoms with Crippen LogP contribution in [0.2, 0.25) is 0 Å². The van der Waals surface area contributed by atoms with Gasteiger partial charge in [0.1, 0.15) is 28.2 Å². The summed E-state index contributed by atoms with van der Waals surface area (Å²) in [5, 5.41) is 10.7. The number of thiazole rings is 1. The van der Waals surface area contributed by atoms with E-state index in [4.69, 9.17) is 14.5 Å². The molecule has 15 heteroatoms. The zero-order valence-corrected chi connectivity index (χ0v) is 33.0. The van der Waals surface area contributed by atoms with Crippen LogP contribution in [0.3, 0.4) is 0 Å². The van der Waals surface area contributed by atoms with E-state index in [1.54, 1.807) is 44.4 Å². The molecule has 7 rings (SSSR count). The molecule has 1 saturated heterocycles. The maximum Gasteiger partial charge on any atom is 0.416 e. The lowest BCUT2D eigenvalue weighted by Gasteiger charge is -2.34. The van der Waals surface area contributed by atoms with E-state index in [1.807, 2.05) is 50.5 Å². The number of phenolic OH excluding ortho intramolecular Hbond substituents is 1. The quantitative estimate of drug-likeness (QED) is 0.117. The van der Waals surface area contributed by atoms with E-state index in [0.717, 1.165) is 47.4 Å². The molecular weight excluding hydrogens is 749 g/mol. The van der Waals surface area contributed by atoms with Crippen molar-refractivity contribution in [3.05, 3.63) is 90.1 Å². The number of rotatable bonds is 11. The Hall–Kier alpha value is -6.19. The van der Waals surface area contributed by atoms with Crippen LogP contribution >= 0.6 is 11.3 Å². The maximum atomic E-state index is 13.5. The molecule has 2 aliphatic heterocycles. The summed E-state index contributed by atoms with van der Waals surface area (Å²) in [4.78, 5) is 80.4. The molecule has 1 fully saturated rings. The molecule has 0 bridgehead atoms. The zero-order chi connectivity index (χ0) is 40.6. The number of fused-ring (bicyclic) bond motifs is 2. The number of aromatic hydroxyl groups is 1. The SMILES string of the molecule is CN(C)c1ccc2nc(-c3ccc(-c4ccc(N(CCOCCN5C(=O)CCC(N6C(=O)c7ccc(O)cc7C6=O)C5=O)C(=O)OC(C)(C)C)nc4)cc3)sc2c1. The smallest absolute Gasteiger partial charge is 0.416 e. The van der Waals surface area contributed by atoms with Crippen LogP contribution in [0.1, 0.15) is 54.3 Å². The molecular formula is C42H42N6O8S. The summed E-state index contributed by atoms with van der Waals surface area (Å²) < 4.78 is 12.6. The molecule has 57 heavy (non-hydrogen) atoms. The number of imide groups is 2. The van der Waals surface area contributed by atoms with Gasteiger partial charge in [-0.2, -0.15) is 0 Å². The van der Waals surface area contributed by atoms with E-state index < -0.39 is 41.4 Å².